The van der Waals surface area contributed by atoms with Crippen molar-refractivity contribution in [3.8, 4) is 0 Å². The summed E-state index contributed by atoms with van der Waals surface area (Å²) >= 11 is 0. The number of rotatable bonds is 4. The highest BCUT2D eigenvalue weighted by Crippen LogP contribution is 2.06. The lowest BCUT2D eigenvalue weighted by Gasteiger charge is -2.23. The number of amides is 1. The molecule has 1 fully saturated rings. The fourth-order valence-electron chi connectivity index (χ4n) is 2.17. The molecule has 0 bridgehead atoms. The van der Waals surface area contributed by atoms with Gasteiger partial charge in [0.1, 0.15) is 6.61 Å². The molecule has 1 unspecified atom stereocenters. The van der Waals surface area contributed by atoms with Crippen molar-refractivity contribution in [3.05, 3.63) is 35.9 Å². The molecule has 1 saturated heterocycles. The topological polar surface area (TPSA) is 58.6 Å². The molecule has 1 aromatic carbocycles. The first-order chi connectivity index (χ1) is 9.66. The summed E-state index contributed by atoms with van der Waals surface area (Å²) in [6.07, 6.45) is 0.849. The van der Waals surface area contributed by atoms with Gasteiger partial charge in [0.05, 0.1) is 12.6 Å². The summed E-state index contributed by atoms with van der Waals surface area (Å²) in [6, 6.07) is 9.27. The number of hydrogen-bond donors (Lipinski definition) is 1. The van der Waals surface area contributed by atoms with Crippen molar-refractivity contribution in [1.82, 2.24) is 10.2 Å². The van der Waals surface area contributed by atoms with E-state index in [-0.39, 0.29) is 31.1 Å². The Hall–Kier alpha value is -1.88. The molecule has 0 spiro atoms. The molecule has 1 atom stereocenters. The number of nitrogens with one attached hydrogen (secondary N) is 1. The molecule has 1 N–H and O–H groups in total. The van der Waals surface area contributed by atoms with Gasteiger partial charge in [0.25, 0.3) is 0 Å². The Kier molecular flexibility index (Phi) is 5.12. The molecule has 1 amide bonds. The Bertz CT molecular complexity index is 461. The van der Waals surface area contributed by atoms with E-state index in [0.717, 1.165) is 18.5 Å². The molecule has 1 aliphatic rings. The van der Waals surface area contributed by atoms with Gasteiger partial charge in [-0.15, -0.1) is 0 Å². The Morgan fingerprint density at radius 1 is 1.40 bits per heavy atom. The molecule has 1 heterocycles. The van der Waals surface area contributed by atoms with Gasteiger partial charge in [0.2, 0.25) is 5.91 Å². The summed E-state index contributed by atoms with van der Waals surface area (Å²) < 4.78 is 5.24. The molecule has 1 aromatic rings. The fourth-order valence-corrected chi connectivity index (χ4v) is 2.17. The van der Waals surface area contributed by atoms with Gasteiger partial charge in [-0.2, -0.15) is 0 Å². The largest absolute Gasteiger partial charge is 0.460 e. The number of carbonyl (C=O) groups is 2. The summed E-state index contributed by atoms with van der Waals surface area (Å²) in [4.78, 5) is 25.4. The van der Waals surface area contributed by atoms with Gasteiger partial charge in [-0.3, -0.25) is 14.5 Å². The Morgan fingerprint density at radius 2 is 2.15 bits per heavy atom. The van der Waals surface area contributed by atoms with E-state index in [1.807, 2.05) is 42.2 Å². The minimum atomic E-state index is -0.296. The lowest BCUT2D eigenvalue weighted by molar-refractivity contribution is -0.147. The molecular formula is C15H20N2O3. The van der Waals surface area contributed by atoms with Crippen molar-refractivity contribution >= 4 is 11.9 Å². The Balaban J connectivity index is 1.82. The number of carbonyl (C=O) groups excluding carboxylic acids is 2. The predicted molar refractivity (Wildman–Crippen MR) is 74.9 cm³/mol. The highest BCUT2D eigenvalue weighted by Gasteiger charge is 2.25. The van der Waals surface area contributed by atoms with Crippen LogP contribution < -0.4 is 5.32 Å². The number of ether oxygens (including phenoxy) is 1. The second kappa shape index (κ2) is 7.05. The summed E-state index contributed by atoms with van der Waals surface area (Å²) in [5.41, 5.74) is 0.961. The van der Waals surface area contributed by atoms with Crippen molar-refractivity contribution in [2.24, 2.45) is 0 Å². The highest BCUT2D eigenvalue weighted by molar-refractivity contribution is 5.82. The molecule has 1 aliphatic heterocycles. The molecule has 0 aromatic heterocycles. The van der Waals surface area contributed by atoms with Crippen LogP contribution >= 0.6 is 0 Å². The second-order valence-electron chi connectivity index (χ2n) is 4.94. The van der Waals surface area contributed by atoms with Crippen LogP contribution in [0.1, 0.15) is 18.9 Å². The zero-order chi connectivity index (χ0) is 14.4. The van der Waals surface area contributed by atoms with Gasteiger partial charge >= 0.3 is 5.97 Å². The van der Waals surface area contributed by atoms with E-state index >= 15 is 0 Å². The SMILES string of the molecule is CC1C(=O)NCCCN1CC(=O)OCc1ccccc1. The third kappa shape index (κ3) is 4.06. The third-order valence-corrected chi connectivity index (χ3v) is 3.42. The van der Waals surface area contributed by atoms with Gasteiger partial charge < -0.3 is 10.1 Å². The van der Waals surface area contributed by atoms with E-state index in [9.17, 15) is 9.59 Å². The van der Waals surface area contributed by atoms with Crippen LogP contribution in [0.4, 0.5) is 0 Å². The first-order valence-electron chi connectivity index (χ1n) is 6.88. The van der Waals surface area contributed by atoms with Gasteiger partial charge in [0.15, 0.2) is 0 Å². The van der Waals surface area contributed by atoms with Crippen molar-refractivity contribution in [1.29, 1.82) is 0 Å². The molecule has 2 rings (SSSR count). The lowest BCUT2D eigenvalue weighted by Crippen LogP contribution is -2.44. The molecule has 0 saturated carbocycles. The Labute approximate surface area is 118 Å². The van der Waals surface area contributed by atoms with E-state index in [0.29, 0.717) is 6.54 Å². The smallest absolute Gasteiger partial charge is 0.320 e. The monoisotopic (exact) mass is 276 g/mol. The van der Waals surface area contributed by atoms with Crippen LogP contribution in [0.15, 0.2) is 30.3 Å². The standard InChI is InChI=1S/C15H20N2O3/c1-12-15(19)16-8-5-9-17(12)10-14(18)20-11-13-6-3-2-4-7-13/h2-4,6-7,12H,5,8-11H2,1H3,(H,16,19). The molecule has 0 aliphatic carbocycles. The first-order valence-corrected chi connectivity index (χ1v) is 6.88. The molecule has 0 radical (unpaired) electrons. The van der Waals surface area contributed by atoms with Crippen molar-refractivity contribution in [2.75, 3.05) is 19.6 Å². The lowest BCUT2D eigenvalue weighted by atomic mass is 10.2. The quantitative estimate of drug-likeness (QED) is 0.832. The highest BCUT2D eigenvalue weighted by atomic mass is 16.5. The fraction of sp³-hybridized carbons (Fsp3) is 0.467. The third-order valence-electron chi connectivity index (χ3n) is 3.42. The van der Waals surface area contributed by atoms with Crippen LogP contribution in [0.2, 0.25) is 0 Å². The summed E-state index contributed by atoms with van der Waals surface area (Å²) in [5.74, 6) is -0.325. The zero-order valence-electron chi connectivity index (χ0n) is 11.7. The average Bonchev–Trinajstić information content (AvgIpc) is 2.62. The average molecular weight is 276 g/mol. The number of hydrogen-bond acceptors (Lipinski definition) is 4. The predicted octanol–water partition coefficient (Wildman–Crippen LogP) is 0.940. The number of benzene rings is 1. The minimum Gasteiger partial charge on any atom is -0.460 e. The summed E-state index contributed by atoms with van der Waals surface area (Å²) in [6.45, 7) is 3.62. The van der Waals surface area contributed by atoms with E-state index in [4.69, 9.17) is 4.74 Å². The normalized spacial score (nSPS) is 20.1. The van der Waals surface area contributed by atoms with Crippen LogP contribution in [-0.2, 0) is 20.9 Å². The maximum atomic E-state index is 11.9. The van der Waals surface area contributed by atoms with Gasteiger partial charge in [0, 0.05) is 13.1 Å². The van der Waals surface area contributed by atoms with Crippen molar-refractivity contribution in [2.45, 2.75) is 26.0 Å². The molecule has 5 nitrogen and oxygen atoms in total. The zero-order valence-corrected chi connectivity index (χ0v) is 11.7. The van der Waals surface area contributed by atoms with E-state index < -0.39 is 0 Å². The first kappa shape index (κ1) is 14.5. The summed E-state index contributed by atoms with van der Waals surface area (Å²) in [5, 5.41) is 2.82. The molecular weight excluding hydrogens is 256 g/mol. The Morgan fingerprint density at radius 3 is 2.90 bits per heavy atom. The van der Waals surface area contributed by atoms with E-state index in [1.165, 1.54) is 0 Å². The van der Waals surface area contributed by atoms with Crippen LogP contribution in [0, 0.1) is 0 Å². The van der Waals surface area contributed by atoms with Crippen LogP contribution in [-0.4, -0.2) is 42.5 Å². The number of nitrogens with zero attached hydrogens (tertiary/aromatic N) is 1. The van der Waals surface area contributed by atoms with Crippen molar-refractivity contribution in [3.63, 3.8) is 0 Å². The van der Waals surface area contributed by atoms with E-state index in [2.05, 4.69) is 5.32 Å². The van der Waals surface area contributed by atoms with Gasteiger partial charge in [-0.05, 0) is 18.9 Å². The second-order valence-corrected chi connectivity index (χ2v) is 4.94. The van der Waals surface area contributed by atoms with E-state index in [1.54, 1.807) is 0 Å². The molecule has 20 heavy (non-hydrogen) atoms. The number of esters is 1. The van der Waals surface area contributed by atoms with Crippen LogP contribution in [0.5, 0.6) is 0 Å². The maximum absolute atomic E-state index is 11.9. The summed E-state index contributed by atoms with van der Waals surface area (Å²) in [7, 11) is 0. The van der Waals surface area contributed by atoms with Crippen molar-refractivity contribution < 1.29 is 14.3 Å². The van der Waals surface area contributed by atoms with Gasteiger partial charge in [-0.25, -0.2) is 0 Å². The van der Waals surface area contributed by atoms with Crippen LogP contribution in [0.25, 0.3) is 0 Å². The minimum absolute atomic E-state index is 0.0293. The van der Waals surface area contributed by atoms with Gasteiger partial charge in [-0.1, -0.05) is 30.3 Å². The van der Waals surface area contributed by atoms with Crippen LogP contribution in [0.3, 0.4) is 0 Å². The maximum Gasteiger partial charge on any atom is 0.320 e. The molecule has 108 valence electrons. The molecule has 5 heteroatoms.